The van der Waals surface area contributed by atoms with Crippen LogP contribution >= 0.6 is 0 Å². The Labute approximate surface area is 157 Å². The second-order valence-corrected chi connectivity index (χ2v) is 6.09. The minimum Gasteiger partial charge on any atom is -0.492 e. The molecule has 1 amide bonds. The van der Waals surface area contributed by atoms with Gasteiger partial charge in [0.1, 0.15) is 18.9 Å². The highest BCUT2D eigenvalue weighted by Crippen LogP contribution is 2.15. The molecule has 0 unspecified atom stereocenters. The van der Waals surface area contributed by atoms with Crippen molar-refractivity contribution in [2.45, 2.75) is 13.5 Å². The summed E-state index contributed by atoms with van der Waals surface area (Å²) in [6, 6.07) is 20.3. The predicted octanol–water partition coefficient (Wildman–Crippen LogP) is 2.41. The first kappa shape index (κ1) is 18.4. The van der Waals surface area contributed by atoms with Crippen molar-refractivity contribution in [2.24, 2.45) is 0 Å². The first-order valence-corrected chi connectivity index (χ1v) is 8.71. The number of para-hydroxylation sites is 1. The van der Waals surface area contributed by atoms with Crippen LogP contribution < -0.4 is 15.6 Å². The van der Waals surface area contributed by atoms with E-state index < -0.39 is 0 Å². The number of nitrogens with zero attached hydrogens (tertiary/aromatic N) is 2. The summed E-state index contributed by atoms with van der Waals surface area (Å²) in [5.74, 6) is 0.456. The van der Waals surface area contributed by atoms with Gasteiger partial charge in [-0.2, -0.15) is 5.10 Å². The summed E-state index contributed by atoms with van der Waals surface area (Å²) >= 11 is 0. The molecule has 0 atom stereocenters. The average molecular weight is 363 g/mol. The zero-order valence-corrected chi connectivity index (χ0v) is 15.1. The SMILES string of the molecule is Cc1ccc(-c2ccc(=O)n(CC(=O)NCCOc3ccccc3)n2)cc1. The third-order valence-electron chi connectivity index (χ3n) is 3.94. The Balaban J connectivity index is 1.56. The standard InChI is InChI=1S/C21H21N3O3/c1-16-7-9-17(10-8-16)19-11-12-21(26)24(23-19)15-20(25)22-13-14-27-18-5-3-2-4-6-18/h2-12H,13-15H2,1H3,(H,22,25). The topological polar surface area (TPSA) is 73.2 Å². The molecular weight excluding hydrogens is 342 g/mol. The number of aromatic nitrogens is 2. The Morgan fingerprint density at radius 3 is 2.52 bits per heavy atom. The van der Waals surface area contributed by atoms with E-state index in [1.54, 1.807) is 6.07 Å². The smallest absolute Gasteiger partial charge is 0.267 e. The summed E-state index contributed by atoms with van der Waals surface area (Å²) in [4.78, 5) is 24.1. The van der Waals surface area contributed by atoms with E-state index in [2.05, 4.69) is 10.4 Å². The van der Waals surface area contributed by atoms with Crippen LogP contribution in [0.25, 0.3) is 11.3 Å². The van der Waals surface area contributed by atoms with Crippen LogP contribution in [-0.2, 0) is 11.3 Å². The van der Waals surface area contributed by atoms with Crippen LogP contribution in [0.5, 0.6) is 5.75 Å². The zero-order valence-electron chi connectivity index (χ0n) is 15.1. The van der Waals surface area contributed by atoms with Gasteiger partial charge < -0.3 is 10.1 Å². The van der Waals surface area contributed by atoms with Crippen LogP contribution in [0.15, 0.2) is 71.5 Å². The fraction of sp³-hybridized carbons (Fsp3) is 0.190. The molecule has 0 saturated heterocycles. The van der Waals surface area contributed by atoms with Crippen molar-refractivity contribution in [2.75, 3.05) is 13.2 Å². The molecule has 3 rings (SSSR count). The molecular formula is C21H21N3O3. The van der Waals surface area contributed by atoms with E-state index in [9.17, 15) is 9.59 Å². The second kappa shape index (κ2) is 8.80. The highest BCUT2D eigenvalue weighted by Gasteiger charge is 2.08. The number of hydrogen-bond acceptors (Lipinski definition) is 4. The predicted molar refractivity (Wildman–Crippen MR) is 104 cm³/mol. The minimum atomic E-state index is -0.318. The zero-order chi connectivity index (χ0) is 19.1. The summed E-state index contributed by atoms with van der Waals surface area (Å²) in [7, 11) is 0. The second-order valence-electron chi connectivity index (χ2n) is 6.09. The van der Waals surface area contributed by atoms with Gasteiger partial charge in [0.2, 0.25) is 5.91 Å². The molecule has 138 valence electrons. The lowest BCUT2D eigenvalue weighted by molar-refractivity contribution is -0.122. The molecule has 0 aliphatic carbocycles. The van der Waals surface area contributed by atoms with E-state index >= 15 is 0 Å². The first-order valence-electron chi connectivity index (χ1n) is 8.71. The van der Waals surface area contributed by atoms with E-state index in [1.807, 2.05) is 61.5 Å². The largest absolute Gasteiger partial charge is 0.492 e. The molecule has 0 bridgehead atoms. The maximum atomic E-state index is 12.1. The van der Waals surface area contributed by atoms with Crippen molar-refractivity contribution in [1.29, 1.82) is 0 Å². The Morgan fingerprint density at radius 1 is 1.04 bits per heavy atom. The van der Waals surface area contributed by atoms with Gasteiger partial charge in [0.05, 0.1) is 12.2 Å². The monoisotopic (exact) mass is 363 g/mol. The molecule has 2 aromatic carbocycles. The average Bonchev–Trinajstić information content (AvgIpc) is 2.68. The number of rotatable bonds is 7. The van der Waals surface area contributed by atoms with Crippen LogP contribution in [0.3, 0.4) is 0 Å². The van der Waals surface area contributed by atoms with E-state index in [0.29, 0.717) is 18.8 Å². The minimum absolute atomic E-state index is 0.135. The van der Waals surface area contributed by atoms with Gasteiger partial charge in [0.15, 0.2) is 0 Å². The maximum Gasteiger partial charge on any atom is 0.267 e. The highest BCUT2D eigenvalue weighted by atomic mass is 16.5. The third kappa shape index (κ3) is 5.28. The Bertz CT molecular complexity index is 950. The number of carbonyl (C=O) groups excluding carboxylic acids is 1. The molecule has 0 saturated carbocycles. The number of nitrogens with one attached hydrogen (secondary N) is 1. The molecule has 0 aliphatic rings. The summed E-state index contributed by atoms with van der Waals surface area (Å²) in [5, 5.41) is 7.03. The van der Waals surface area contributed by atoms with Gasteiger partial charge in [-0.3, -0.25) is 9.59 Å². The van der Waals surface area contributed by atoms with Crippen molar-refractivity contribution in [3.8, 4) is 17.0 Å². The molecule has 1 aromatic heterocycles. The fourth-order valence-electron chi connectivity index (χ4n) is 2.51. The molecule has 6 nitrogen and oxygen atoms in total. The van der Waals surface area contributed by atoms with Gasteiger partial charge in [-0.05, 0) is 25.1 Å². The van der Waals surface area contributed by atoms with Crippen molar-refractivity contribution >= 4 is 5.91 Å². The summed E-state index contributed by atoms with van der Waals surface area (Å²) in [5.41, 5.74) is 2.37. The lowest BCUT2D eigenvalue weighted by Crippen LogP contribution is -2.35. The van der Waals surface area contributed by atoms with Crippen molar-refractivity contribution in [3.63, 3.8) is 0 Å². The van der Waals surface area contributed by atoms with Crippen molar-refractivity contribution in [3.05, 3.63) is 82.6 Å². The van der Waals surface area contributed by atoms with Gasteiger partial charge in [-0.25, -0.2) is 4.68 Å². The fourth-order valence-corrected chi connectivity index (χ4v) is 2.51. The first-order chi connectivity index (χ1) is 13.1. The Kier molecular flexibility index (Phi) is 5.99. The van der Waals surface area contributed by atoms with Gasteiger partial charge in [0.25, 0.3) is 5.56 Å². The normalized spacial score (nSPS) is 10.4. The number of amides is 1. The van der Waals surface area contributed by atoms with Crippen LogP contribution in [0.1, 0.15) is 5.56 Å². The van der Waals surface area contributed by atoms with E-state index in [0.717, 1.165) is 16.9 Å². The molecule has 6 heteroatoms. The van der Waals surface area contributed by atoms with Crippen LogP contribution in [0.2, 0.25) is 0 Å². The van der Waals surface area contributed by atoms with E-state index in [4.69, 9.17) is 4.74 Å². The van der Waals surface area contributed by atoms with Gasteiger partial charge >= 0.3 is 0 Å². The molecule has 0 fully saturated rings. The Hall–Kier alpha value is -3.41. The third-order valence-corrected chi connectivity index (χ3v) is 3.94. The molecule has 1 heterocycles. The van der Waals surface area contributed by atoms with Crippen LogP contribution in [-0.4, -0.2) is 28.8 Å². The summed E-state index contributed by atoms with van der Waals surface area (Å²) in [6.07, 6.45) is 0. The van der Waals surface area contributed by atoms with E-state index in [1.165, 1.54) is 10.7 Å². The molecule has 27 heavy (non-hydrogen) atoms. The molecule has 0 radical (unpaired) electrons. The highest BCUT2D eigenvalue weighted by molar-refractivity contribution is 5.75. The van der Waals surface area contributed by atoms with Gasteiger partial charge in [-0.15, -0.1) is 0 Å². The molecule has 0 spiro atoms. The number of ether oxygens (including phenoxy) is 1. The lowest BCUT2D eigenvalue weighted by atomic mass is 10.1. The molecule has 1 N–H and O–H groups in total. The van der Waals surface area contributed by atoms with E-state index in [-0.39, 0.29) is 18.0 Å². The lowest BCUT2D eigenvalue weighted by Gasteiger charge is -2.09. The van der Waals surface area contributed by atoms with Gasteiger partial charge in [0, 0.05) is 11.6 Å². The number of hydrogen-bond donors (Lipinski definition) is 1. The summed E-state index contributed by atoms with van der Waals surface area (Å²) in [6.45, 7) is 2.56. The molecule has 0 aliphatic heterocycles. The van der Waals surface area contributed by atoms with Crippen LogP contribution in [0, 0.1) is 6.92 Å². The summed E-state index contributed by atoms with van der Waals surface area (Å²) < 4.78 is 6.69. The van der Waals surface area contributed by atoms with Crippen molar-refractivity contribution in [1.82, 2.24) is 15.1 Å². The maximum absolute atomic E-state index is 12.1. The van der Waals surface area contributed by atoms with Crippen molar-refractivity contribution < 1.29 is 9.53 Å². The number of aryl methyl sites for hydroxylation is 1. The van der Waals surface area contributed by atoms with Crippen LogP contribution in [0.4, 0.5) is 0 Å². The molecule has 3 aromatic rings. The van der Waals surface area contributed by atoms with Gasteiger partial charge in [-0.1, -0.05) is 48.0 Å². The quantitative estimate of drug-likeness (QED) is 0.654. The Morgan fingerprint density at radius 2 is 1.78 bits per heavy atom. The number of benzene rings is 2. The number of carbonyl (C=O) groups is 1.